The molecule has 0 spiro atoms. The van der Waals surface area contributed by atoms with Crippen molar-refractivity contribution in [1.82, 2.24) is 4.57 Å². The third-order valence-electron chi connectivity index (χ3n) is 7.82. The number of ether oxygens (including phenoxy) is 8. The number of benzene rings is 4. The van der Waals surface area contributed by atoms with Crippen molar-refractivity contribution >= 4 is 34.8 Å². The number of carbonyl (C=O) groups is 1. The molecule has 5 rings (SSSR count). The Morgan fingerprint density at radius 2 is 1.29 bits per heavy atom. The number of methoxy groups -OCH3 is 7. The predicted molar refractivity (Wildman–Crippen MR) is 188 cm³/mol. The van der Waals surface area contributed by atoms with Gasteiger partial charge in [-0.2, -0.15) is 0 Å². The fourth-order valence-corrected chi connectivity index (χ4v) is 5.51. The molecule has 0 atom stereocenters. The Kier molecular flexibility index (Phi) is 11.4. The van der Waals surface area contributed by atoms with Crippen LogP contribution in [0.3, 0.4) is 0 Å². The van der Waals surface area contributed by atoms with E-state index >= 15 is 0 Å². The highest BCUT2D eigenvalue weighted by Crippen LogP contribution is 2.45. The van der Waals surface area contributed by atoms with E-state index in [4.69, 9.17) is 43.6 Å². The van der Waals surface area contributed by atoms with Crippen LogP contribution in [0, 0.1) is 0 Å². The number of nitrogens with zero attached hydrogens (tertiary/aromatic N) is 1. The third-order valence-corrected chi connectivity index (χ3v) is 7.82. The fourth-order valence-electron chi connectivity index (χ4n) is 5.51. The lowest BCUT2D eigenvalue weighted by molar-refractivity contribution is 0.0591. The molecule has 0 saturated heterocycles. The number of fused-ring (bicyclic) bond motifs is 1. The van der Waals surface area contributed by atoms with Crippen LogP contribution in [0.2, 0.25) is 0 Å². The second kappa shape index (κ2) is 15.4. The molecule has 4 aromatic carbocycles. The molecule has 0 bridgehead atoms. The average molecular weight is 693 g/mol. The lowest BCUT2D eigenvalue weighted by atomic mass is 9.95. The molecule has 49 heavy (non-hydrogen) atoms. The summed E-state index contributed by atoms with van der Waals surface area (Å²) >= 11 is 0. The minimum absolute atomic E-state index is 0. The molecule has 12 nitrogen and oxygen atoms in total. The molecule has 0 aliphatic heterocycles. The first-order valence-electron chi connectivity index (χ1n) is 14.6. The van der Waals surface area contributed by atoms with Crippen LogP contribution in [0.1, 0.15) is 16.1 Å². The topological polar surface area (TPSA) is 139 Å². The van der Waals surface area contributed by atoms with E-state index in [1.54, 1.807) is 80.9 Å². The number of anilines is 1. The summed E-state index contributed by atoms with van der Waals surface area (Å²) in [6, 6.07) is 18.5. The summed E-state index contributed by atoms with van der Waals surface area (Å²) in [6.45, 7) is 0.0639. The Labute approximate surface area is 289 Å². The molecular weight excluding hydrogens is 656 g/mol. The van der Waals surface area contributed by atoms with Crippen LogP contribution in [-0.2, 0) is 11.3 Å². The lowest BCUT2D eigenvalue weighted by Crippen LogP contribution is -2.27. The van der Waals surface area contributed by atoms with Crippen molar-refractivity contribution in [3.05, 3.63) is 88.3 Å². The highest BCUT2D eigenvalue weighted by Gasteiger charge is 2.28. The van der Waals surface area contributed by atoms with Crippen LogP contribution in [-0.4, -0.2) is 60.3 Å². The van der Waals surface area contributed by atoms with Gasteiger partial charge in [0.25, 0.3) is 5.56 Å². The minimum Gasteiger partial charge on any atom is -0.497 e. The molecular formula is C36H37ClN2O10. The van der Waals surface area contributed by atoms with Gasteiger partial charge in [-0.05, 0) is 72.3 Å². The Balaban J connectivity index is 0.00000541. The molecule has 0 saturated carbocycles. The highest BCUT2D eigenvalue weighted by molar-refractivity contribution is 6.08. The first-order valence-corrected chi connectivity index (χ1v) is 14.6. The summed E-state index contributed by atoms with van der Waals surface area (Å²) in [5, 5.41) is 0.598. The number of halogens is 1. The van der Waals surface area contributed by atoms with Crippen molar-refractivity contribution in [3.63, 3.8) is 0 Å². The van der Waals surface area contributed by atoms with Gasteiger partial charge in [0.15, 0.2) is 23.0 Å². The average Bonchev–Trinajstić information content (AvgIpc) is 3.12. The quantitative estimate of drug-likeness (QED) is 0.120. The summed E-state index contributed by atoms with van der Waals surface area (Å²) in [5.41, 5.74) is 7.78. The van der Waals surface area contributed by atoms with Crippen molar-refractivity contribution in [1.29, 1.82) is 0 Å². The van der Waals surface area contributed by atoms with E-state index < -0.39 is 11.5 Å². The number of nitrogens with two attached hydrogens (primary N) is 1. The van der Waals surface area contributed by atoms with Gasteiger partial charge in [-0.15, -0.1) is 12.4 Å². The Bertz CT molecular complexity index is 2020. The van der Waals surface area contributed by atoms with Gasteiger partial charge in [-0.1, -0.05) is 0 Å². The minimum atomic E-state index is -0.765. The van der Waals surface area contributed by atoms with Gasteiger partial charge in [-0.3, -0.25) is 9.36 Å². The van der Waals surface area contributed by atoms with Gasteiger partial charge in [0.05, 0.1) is 55.2 Å². The number of pyridine rings is 1. The maximum atomic E-state index is 14.5. The SMILES string of the molecule is COC(=O)c1c(-c2cc(OC)c(OC)c(OC)c2)c2cc(OC)c(OCc3cc(OC)ccc3OC)cc2c(=O)n1-c1ccc(N)cc1.Cl. The summed E-state index contributed by atoms with van der Waals surface area (Å²) < 4.78 is 46.3. The molecule has 13 heteroatoms. The Morgan fingerprint density at radius 3 is 1.84 bits per heavy atom. The summed E-state index contributed by atoms with van der Waals surface area (Å²) in [7, 11) is 10.3. The molecule has 0 radical (unpaired) electrons. The maximum absolute atomic E-state index is 14.5. The van der Waals surface area contributed by atoms with Gasteiger partial charge in [0.2, 0.25) is 5.75 Å². The highest BCUT2D eigenvalue weighted by atomic mass is 35.5. The number of aromatic nitrogens is 1. The van der Waals surface area contributed by atoms with Crippen LogP contribution in [0.15, 0.2) is 71.5 Å². The molecule has 0 aliphatic rings. The van der Waals surface area contributed by atoms with Crippen LogP contribution in [0.25, 0.3) is 27.6 Å². The lowest BCUT2D eigenvalue weighted by Gasteiger charge is -2.22. The van der Waals surface area contributed by atoms with E-state index in [0.29, 0.717) is 67.9 Å². The number of esters is 1. The zero-order chi connectivity index (χ0) is 34.5. The molecule has 0 fully saturated rings. The maximum Gasteiger partial charge on any atom is 0.355 e. The Morgan fingerprint density at radius 1 is 0.673 bits per heavy atom. The number of carbonyl (C=O) groups excluding carboxylic acids is 1. The second-order valence-corrected chi connectivity index (χ2v) is 10.4. The molecule has 1 aromatic heterocycles. The molecule has 258 valence electrons. The first kappa shape index (κ1) is 36.1. The van der Waals surface area contributed by atoms with E-state index in [9.17, 15) is 9.59 Å². The van der Waals surface area contributed by atoms with E-state index in [2.05, 4.69) is 0 Å². The number of hydrogen-bond acceptors (Lipinski definition) is 11. The monoisotopic (exact) mass is 692 g/mol. The predicted octanol–water partition coefficient (Wildman–Crippen LogP) is 6.08. The summed E-state index contributed by atoms with van der Waals surface area (Å²) in [4.78, 5) is 28.2. The van der Waals surface area contributed by atoms with E-state index in [1.807, 2.05) is 0 Å². The van der Waals surface area contributed by atoms with Gasteiger partial charge in [0, 0.05) is 27.9 Å². The molecule has 2 N–H and O–H groups in total. The Hall–Kier alpha value is -5.75. The van der Waals surface area contributed by atoms with Crippen molar-refractivity contribution in [2.45, 2.75) is 6.61 Å². The molecule has 0 amide bonds. The van der Waals surface area contributed by atoms with E-state index in [1.165, 1.54) is 40.1 Å². The normalized spacial score (nSPS) is 10.5. The molecule has 0 aliphatic carbocycles. The first-order chi connectivity index (χ1) is 23.2. The van der Waals surface area contributed by atoms with Gasteiger partial charge >= 0.3 is 5.97 Å². The van der Waals surface area contributed by atoms with Crippen LogP contribution in [0.5, 0.6) is 40.2 Å². The van der Waals surface area contributed by atoms with Crippen molar-refractivity contribution in [3.8, 4) is 57.1 Å². The van der Waals surface area contributed by atoms with Crippen LogP contribution < -0.4 is 44.5 Å². The molecule has 1 heterocycles. The van der Waals surface area contributed by atoms with Gasteiger partial charge < -0.3 is 43.6 Å². The number of nitrogen functional groups attached to an aromatic ring is 1. The van der Waals surface area contributed by atoms with Crippen molar-refractivity contribution in [2.75, 3.05) is 55.5 Å². The molecule has 0 unspecified atom stereocenters. The third kappa shape index (κ3) is 6.81. The standard InChI is InChI=1S/C36H36N2O10.ClH/c1-41-24-12-13-27(42-2)21(14-24)19-48-29-18-26-25(17-28(29)43-3)32(20-15-30(44-4)34(46-6)31(16-20)45-5)33(36(40)47-7)38(35(26)39)23-10-8-22(37)9-11-23;/h8-18H,19,37H2,1-7H3;1H. The molecule has 5 aromatic rings. The van der Waals surface area contributed by atoms with E-state index in [-0.39, 0.29) is 35.8 Å². The van der Waals surface area contributed by atoms with Gasteiger partial charge in [-0.25, -0.2) is 4.79 Å². The second-order valence-electron chi connectivity index (χ2n) is 10.4. The fraction of sp³-hybridized carbons (Fsp3) is 0.222. The van der Waals surface area contributed by atoms with Crippen molar-refractivity contribution in [2.24, 2.45) is 0 Å². The smallest absolute Gasteiger partial charge is 0.355 e. The summed E-state index contributed by atoms with van der Waals surface area (Å²) in [5.74, 6) is 2.04. The van der Waals surface area contributed by atoms with Gasteiger partial charge in [0.1, 0.15) is 23.8 Å². The van der Waals surface area contributed by atoms with E-state index in [0.717, 1.165) is 0 Å². The van der Waals surface area contributed by atoms with Crippen LogP contribution in [0.4, 0.5) is 5.69 Å². The number of hydrogen-bond donors (Lipinski definition) is 1. The van der Waals surface area contributed by atoms with Crippen molar-refractivity contribution < 1.29 is 42.7 Å². The zero-order valence-electron chi connectivity index (χ0n) is 28.1. The van der Waals surface area contributed by atoms with Crippen LogP contribution >= 0.6 is 12.4 Å². The number of rotatable bonds is 12. The summed E-state index contributed by atoms with van der Waals surface area (Å²) in [6.07, 6.45) is 0. The zero-order valence-corrected chi connectivity index (χ0v) is 28.9. The largest absolute Gasteiger partial charge is 0.497 e.